The van der Waals surface area contributed by atoms with Crippen LogP contribution in [0.1, 0.15) is 56.2 Å². The van der Waals surface area contributed by atoms with Crippen LogP contribution in [0.25, 0.3) is 17.2 Å². The van der Waals surface area contributed by atoms with Gasteiger partial charge in [-0.15, -0.1) is 0 Å². The molecule has 1 amide bonds. The van der Waals surface area contributed by atoms with Gasteiger partial charge in [-0.1, -0.05) is 25.0 Å². The molecule has 3 rings (SSSR count). The van der Waals surface area contributed by atoms with Gasteiger partial charge in [0.25, 0.3) is 5.91 Å². The second-order valence-electron chi connectivity index (χ2n) is 8.49. The Bertz CT molecular complexity index is 962. The molecule has 2 N–H and O–H groups in total. The SMILES string of the molecule is Cc1c(F)c(-c2ccc(NC3CCCC3)cc2)c(C)c(F)c1/C=C(\F)C(=O)NC(C)C. The van der Waals surface area contributed by atoms with Crippen LogP contribution in [0.15, 0.2) is 30.1 Å². The summed E-state index contributed by atoms with van der Waals surface area (Å²) in [4.78, 5) is 11.8. The summed E-state index contributed by atoms with van der Waals surface area (Å²) < 4.78 is 44.6. The second-order valence-corrected chi connectivity index (χ2v) is 8.49. The Hall–Kier alpha value is -2.76. The molecule has 0 bridgehead atoms. The molecule has 0 spiro atoms. The number of hydrogen-bond donors (Lipinski definition) is 2. The van der Waals surface area contributed by atoms with Gasteiger partial charge < -0.3 is 10.6 Å². The van der Waals surface area contributed by atoms with E-state index >= 15 is 8.78 Å². The average molecular weight is 431 g/mol. The van der Waals surface area contributed by atoms with Crippen molar-refractivity contribution in [3.63, 3.8) is 0 Å². The smallest absolute Gasteiger partial charge is 0.280 e. The molecule has 1 aliphatic rings. The first-order chi connectivity index (χ1) is 14.7. The summed E-state index contributed by atoms with van der Waals surface area (Å²) in [6, 6.07) is 7.43. The molecule has 0 aromatic heterocycles. The molecule has 1 aliphatic carbocycles. The van der Waals surface area contributed by atoms with E-state index < -0.39 is 23.4 Å². The standard InChI is InChI=1S/C25H29F3N2O/c1-14(2)29-25(31)21(26)13-20-15(3)24(28)22(16(4)23(20)27)17-9-11-19(12-10-17)30-18-7-5-6-8-18/h9-14,18,30H,5-8H2,1-4H3,(H,29,31)/b21-13-. The fourth-order valence-electron chi connectivity index (χ4n) is 4.02. The number of carbonyl (C=O) groups is 1. The van der Waals surface area contributed by atoms with E-state index in [1.807, 2.05) is 12.1 Å². The van der Waals surface area contributed by atoms with E-state index in [-0.39, 0.29) is 28.3 Å². The highest BCUT2D eigenvalue weighted by Gasteiger charge is 2.22. The first-order valence-corrected chi connectivity index (χ1v) is 10.7. The zero-order valence-electron chi connectivity index (χ0n) is 18.4. The summed E-state index contributed by atoms with van der Waals surface area (Å²) in [5.41, 5.74) is 1.41. The van der Waals surface area contributed by atoms with E-state index in [0.717, 1.165) is 24.6 Å². The Morgan fingerprint density at radius 3 is 2.23 bits per heavy atom. The van der Waals surface area contributed by atoms with Crippen molar-refractivity contribution in [2.45, 2.75) is 65.5 Å². The number of hydrogen-bond acceptors (Lipinski definition) is 2. The van der Waals surface area contributed by atoms with Crippen LogP contribution in [0.4, 0.5) is 18.9 Å². The molecular formula is C25H29F3N2O. The summed E-state index contributed by atoms with van der Waals surface area (Å²) >= 11 is 0. The van der Waals surface area contributed by atoms with Gasteiger partial charge in [0.15, 0.2) is 5.83 Å². The van der Waals surface area contributed by atoms with Crippen molar-refractivity contribution in [2.75, 3.05) is 5.32 Å². The lowest BCUT2D eigenvalue weighted by Crippen LogP contribution is -2.30. The quantitative estimate of drug-likeness (QED) is 0.518. The molecule has 6 heteroatoms. The summed E-state index contributed by atoms with van der Waals surface area (Å²) in [6.45, 7) is 6.21. The number of rotatable bonds is 6. The number of nitrogens with one attached hydrogen (secondary N) is 2. The fourth-order valence-corrected chi connectivity index (χ4v) is 4.02. The van der Waals surface area contributed by atoms with Crippen LogP contribution in [0, 0.1) is 25.5 Å². The van der Waals surface area contributed by atoms with Crippen LogP contribution in [-0.2, 0) is 4.79 Å². The van der Waals surface area contributed by atoms with Crippen molar-refractivity contribution in [3.05, 3.63) is 58.4 Å². The Morgan fingerprint density at radius 1 is 1.03 bits per heavy atom. The molecule has 0 atom stereocenters. The zero-order valence-corrected chi connectivity index (χ0v) is 18.4. The van der Waals surface area contributed by atoms with Crippen molar-refractivity contribution >= 4 is 17.7 Å². The maximum Gasteiger partial charge on any atom is 0.280 e. The maximum absolute atomic E-state index is 15.2. The highest BCUT2D eigenvalue weighted by molar-refractivity contribution is 5.96. The second kappa shape index (κ2) is 9.58. The third kappa shape index (κ3) is 5.12. The van der Waals surface area contributed by atoms with Crippen LogP contribution in [0.2, 0.25) is 0 Å². The van der Waals surface area contributed by atoms with Gasteiger partial charge in [0, 0.05) is 28.9 Å². The molecule has 0 heterocycles. The van der Waals surface area contributed by atoms with Crippen LogP contribution in [0.3, 0.4) is 0 Å². The average Bonchev–Trinajstić information content (AvgIpc) is 3.23. The summed E-state index contributed by atoms with van der Waals surface area (Å²) in [5, 5.41) is 5.87. The van der Waals surface area contributed by atoms with Gasteiger partial charge in [-0.2, -0.15) is 0 Å². The van der Waals surface area contributed by atoms with Gasteiger partial charge in [0.1, 0.15) is 11.6 Å². The van der Waals surface area contributed by atoms with E-state index in [9.17, 15) is 9.18 Å². The van der Waals surface area contributed by atoms with Crippen molar-refractivity contribution < 1.29 is 18.0 Å². The number of anilines is 1. The summed E-state index contributed by atoms with van der Waals surface area (Å²) in [5.74, 6) is -3.49. The topological polar surface area (TPSA) is 41.1 Å². The Balaban J connectivity index is 1.93. The van der Waals surface area contributed by atoms with Gasteiger partial charge in [0.05, 0.1) is 0 Å². The van der Waals surface area contributed by atoms with Crippen LogP contribution in [0.5, 0.6) is 0 Å². The van der Waals surface area contributed by atoms with Crippen molar-refractivity contribution in [1.82, 2.24) is 5.32 Å². The Kier molecular flexibility index (Phi) is 7.08. The van der Waals surface area contributed by atoms with Gasteiger partial charge in [-0.25, -0.2) is 13.2 Å². The molecule has 2 aromatic rings. The number of benzene rings is 2. The first kappa shape index (κ1) is 22.9. The molecule has 31 heavy (non-hydrogen) atoms. The lowest BCUT2D eigenvalue weighted by Gasteiger charge is -2.17. The highest BCUT2D eigenvalue weighted by Crippen LogP contribution is 2.35. The van der Waals surface area contributed by atoms with Crippen LogP contribution in [-0.4, -0.2) is 18.0 Å². The maximum atomic E-state index is 15.2. The van der Waals surface area contributed by atoms with Crippen LogP contribution < -0.4 is 10.6 Å². The normalized spacial score (nSPS) is 14.9. The molecule has 2 aromatic carbocycles. The largest absolute Gasteiger partial charge is 0.382 e. The van der Waals surface area contributed by atoms with Crippen molar-refractivity contribution in [1.29, 1.82) is 0 Å². The van der Waals surface area contributed by atoms with E-state index in [0.29, 0.717) is 11.6 Å². The predicted octanol–water partition coefficient (Wildman–Crippen LogP) is 6.44. The number of amides is 1. The van der Waals surface area contributed by atoms with Gasteiger partial charge >= 0.3 is 0 Å². The van der Waals surface area contributed by atoms with E-state index in [2.05, 4.69) is 10.6 Å². The van der Waals surface area contributed by atoms with Gasteiger partial charge in [-0.3, -0.25) is 4.79 Å². The minimum atomic E-state index is -1.16. The molecule has 1 fully saturated rings. The molecule has 166 valence electrons. The molecule has 0 unspecified atom stereocenters. The zero-order chi connectivity index (χ0) is 22.7. The van der Waals surface area contributed by atoms with Gasteiger partial charge in [0.2, 0.25) is 0 Å². The predicted molar refractivity (Wildman–Crippen MR) is 120 cm³/mol. The van der Waals surface area contributed by atoms with E-state index in [1.54, 1.807) is 26.0 Å². The highest BCUT2D eigenvalue weighted by atomic mass is 19.1. The number of halogens is 3. The number of carbonyl (C=O) groups excluding carboxylic acids is 1. The summed E-state index contributed by atoms with van der Waals surface area (Å²) in [7, 11) is 0. The fraction of sp³-hybridized carbons (Fsp3) is 0.400. The van der Waals surface area contributed by atoms with Crippen LogP contribution >= 0.6 is 0 Å². The first-order valence-electron chi connectivity index (χ1n) is 10.7. The molecule has 0 aliphatic heterocycles. The Morgan fingerprint density at radius 2 is 1.65 bits per heavy atom. The molecule has 3 nitrogen and oxygen atoms in total. The Labute approximate surface area is 181 Å². The minimum Gasteiger partial charge on any atom is -0.382 e. The lowest BCUT2D eigenvalue weighted by molar-refractivity contribution is -0.119. The van der Waals surface area contributed by atoms with Gasteiger partial charge in [-0.05, 0) is 75.4 Å². The molecule has 1 saturated carbocycles. The molecule has 0 radical (unpaired) electrons. The van der Waals surface area contributed by atoms with Crippen molar-refractivity contribution in [3.8, 4) is 11.1 Å². The minimum absolute atomic E-state index is 0.0428. The van der Waals surface area contributed by atoms with E-state index in [4.69, 9.17) is 0 Å². The lowest BCUT2D eigenvalue weighted by atomic mass is 9.92. The van der Waals surface area contributed by atoms with E-state index in [1.165, 1.54) is 26.7 Å². The molecule has 0 saturated heterocycles. The summed E-state index contributed by atoms with van der Waals surface area (Å²) in [6.07, 6.45) is 5.48. The van der Waals surface area contributed by atoms with Crippen molar-refractivity contribution in [2.24, 2.45) is 0 Å². The molecular weight excluding hydrogens is 401 g/mol. The third-order valence-electron chi connectivity index (χ3n) is 5.70. The monoisotopic (exact) mass is 430 g/mol. The third-order valence-corrected chi connectivity index (χ3v) is 5.70.